The van der Waals surface area contributed by atoms with E-state index >= 15 is 0 Å². The summed E-state index contributed by atoms with van der Waals surface area (Å²) in [4.78, 5) is 0. The number of rotatable bonds is 6. The Hall–Kier alpha value is -0.510. The second kappa shape index (κ2) is 11.1. The second-order valence-electron chi connectivity index (χ2n) is 5.19. The Morgan fingerprint density at radius 3 is 1.90 bits per heavy atom. The van der Waals surface area contributed by atoms with Gasteiger partial charge in [0.05, 0.1) is 0 Å². The molecule has 0 unspecified atom stereocenters. The largest absolute Gasteiger partial charge is 0.389 e. The molecule has 0 atom stereocenters. The van der Waals surface area contributed by atoms with Crippen LogP contribution in [0.2, 0.25) is 0 Å². The van der Waals surface area contributed by atoms with Gasteiger partial charge < -0.3 is 0 Å². The van der Waals surface area contributed by atoms with Gasteiger partial charge in [0.15, 0.2) is 0 Å². The van der Waals surface area contributed by atoms with Gasteiger partial charge in [0, 0.05) is 10.9 Å². The van der Waals surface area contributed by atoms with Crippen LogP contribution in [0.3, 0.4) is 0 Å². The van der Waals surface area contributed by atoms with Crippen LogP contribution in [0.5, 0.6) is 0 Å². The number of benzene rings is 1. The van der Waals surface area contributed by atoms with Crippen molar-refractivity contribution in [3.63, 3.8) is 0 Å². The van der Waals surface area contributed by atoms with Crippen molar-refractivity contribution in [1.29, 1.82) is 0 Å². The van der Waals surface area contributed by atoms with Crippen molar-refractivity contribution in [3.05, 3.63) is 34.3 Å². The average molecular weight is 367 g/mol. The molecule has 1 rings (SSSR count). The van der Waals surface area contributed by atoms with E-state index in [2.05, 4.69) is 54.0 Å². The Labute approximate surface area is 135 Å². The molecular formula is C17H26BrF3. The van der Waals surface area contributed by atoms with Crippen LogP contribution in [0, 0.1) is 0 Å². The average Bonchev–Trinajstić information content (AvgIpc) is 2.38. The minimum Gasteiger partial charge on any atom is -0.171 e. The van der Waals surface area contributed by atoms with Gasteiger partial charge in [0.2, 0.25) is 0 Å². The van der Waals surface area contributed by atoms with Crippen LogP contribution in [0.15, 0.2) is 28.7 Å². The Morgan fingerprint density at radius 2 is 1.57 bits per heavy atom. The Bertz CT molecular complexity index is 369. The zero-order chi connectivity index (χ0) is 16.3. The van der Waals surface area contributed by atoms with Crippen molar-refractivity contribution in [2.75, 3.05) is 0 Å². The van der Waals surface area contributed by atoms with E-state index in [0.717, 1.165) is 5.92 Å². The monoisotopic (exact) mass is 366 g/mol. The lowest BCUT2D eigenvalue weighted by atomic mass is 9.91. The van der Waals surface area contributed by atoms with E-state index in [9.17, 15) is 13.2 Å². The standard InChI is InChI=1S/C13H19Br.C4H7F3/c1-3-6-11(7-4-2)12-8-5-9-13(14)10-12;1-2-3-4(5,6)7/h5,8-11H,3-4,6-7H2,1-2H3;2-3H2,1H3. The van der Waals surface area contributed by atoms with E-state index in [1.807, 2.05) is 0 Å². The molecule has 0 saturated carbocycles. The fourth-order valence-electron chi connectivity index (χ4n) is 2.22. The zero-order valence-electron chi connectivity index (χ0n) is 13.1. The Balaban J connectivity index is 0.000000486. The first-order chi connectivity index (χ1) is 9.84. The second-order valence-corrected chi connectivity index (χ2v) is 6.11. The van der Waals surface area contributed by atoms with Gasteiger partial charge in [-0.1, -0.05) is 61.7 Å². The van der Waals surface area contributed by atoms with Crippen molar-refractivity contribution in [3.8, 4) is 0 Å². The molecule has 0 aromatic heterocycles. The SMILES string of the molecule is CCCC(CCC)c1cccc(Br)c1.CCCC(F)(F)F. The molecule has 21 heavy (non-hydrogen) atoms. The van der Waals surface area contributed by atoms with Crippen molar-refractivity contribution >= 4 is 15.9 Å². The molecule has 4 heteroatoms. The molecule has 0 heterocycles. The zero-order valence-corrected chi connectivity index (χ0v) is 14.7. The molecule has 0 fully saturated rings. The molecule has 0 N–H and O–H groups in total. The van der Waals surface area contributed by atoms with Crippen LogP contribution < -0.4 is 0 Å². The number of halogens is 4. The van der Waals surface area contributed by atoms with E-state index in [0.29, 0.717) is 0 Å². The van der Waals surface area contributed by atoms with E-state index in [1.165, 1.54) is 42.6 Å². The summed E-state index contributed by atoms with van der Waals surface area (Å²) in [6.45, 7) is 6.04. The molecular weight excluding hydrogens is 341 g/mol. The molecule has 0 aliphatic carbocycles. The van der Waals surface area contributed by atoms with Gasteiger partial charge in [0.1, 0.15) is 0 Å². The Kier molecular flexibility index (Phi) is 10.8. The van der Waals surface area contributed by atoms with Gasteiger partial charge in [-0.05, 0) is 42.9 Å². The third kappa shape index (κ3) is 10.8. The highest BCUT2D eigenvalue weighted by Crippen LogP contribution is 2.28. The molecule has 0 radical (unpaired) electrons. The highest BCUT2D eigenvalue weighted by molar-refractivity contribution is 9.10. The molecule has 0 amide bonds. The van der Waals surface area contributed by atoms with Crippen molar-refractivity contribution < 1.29 is 13.2 Å². The van der Waals surface area contributed by atoms with Crippen LogP contribution in [0.1, 0.15) is 70.8 Å². The first kappa shape index (κ1) is 20.5. The highest BCUT2D eigenvalue weighted by Gasteiger charge is 2.24. The van der Waals surface area contributed by atoms with Crippen molar-refractivity contribution in [2.24, 2.45) is 0 Å². The minimum absolute atomic E-state index is 0.184. The quantitative estimate of drug-likeness (QED) is 0.489. The summed E-state index contributed by atoms with van der Waals surface area (Å²) >= 11 is 3.53. The van der Waals surface area contributed by atoms with Crippen molar-refractivity contribution in [2.45, 2.75) is 71.4 Å². The maximum Gasteiger partial charge on any atom is 0.389 e. The first-order valence-corrected chi connectivity index (χ1v) is 8.45. The summed E-state index contributed by atoms with van der Waals surface area (Å²) in [5, 5.41) is 0. The van der Waals surface area contributed by atoms with Gasteiger partial charge in [0.25, 0.3) is 0 Å². The number of alkyl halides is 3. The van der Waals surface area contributed by atoms with Crippen LogP contribution in [0.4, 0.5) is 13.2 Å². The van der Waals surface area contributed by atoms with Gasteiger partial charge in [-0.15, -0.1) is 0 Å². The van der Waals surface area contributed by atoms with Gasteiger partial charge in [-0.25, -0.2) is 0 Å². The van der Waals surface area contributed by atoms with E-state index in [1.54, 1.807) is 0 Å². The molecule has 0 aliphatic rings. The predicted octanol–water partition coefficient (Wildman–Crippen LogP) is 7.48. The predicted molar refractivity (Wildman–Crippen MR) is 87.7 cm³/mol. The van der Waals surface area contributed by atoms with Crippen LogP contribution in [0.25, 0.3) is 0 Å². The maximum atomic E-state index is 11.1. The lowest BCUT2D eigenvalue weighted by Gasteiger charge is -2.15. The molecule has 0 saturated heterocycles. The fourth-order valence-corrected chi connectivity index (χ4v) is 2.64. The van der Waals surface area contributed by atoms with Crippen LogP contribution >= 0.6 is 15.9 Å². The summed E-state index contributed by atoms with van der Waals surface area (Å²) in [7, 11) is 0. The molecule has 0 nitrogen and oxygen atoms in total. The molecule has 0 aliphatic heterocycles. The molecule has 0 spiro atoms. The third-order valence-electron chi connectivity index (χ3n) is 3.13. The summed E-state index contributed by atoms with van der Waals surface area (Å²) < 4.78 is 34.4. The summed E-state index contributed by atoms with van der Waals surface area (Å²) in [5.74, 6) is 0.752. The smallest absolute Gasteiger partial charge is 0.171 e. The third-order valence-corrected chi connectivity index (χ3v) is 3.62. The van der Waals surface area contributed by atoms with Gasteiger partial charge in [-0.3, -0.25) is 0 Å². The maximum absolute atomic E-state index is 11.1. The Morgan fingerprint density at radius 1 is 1.00 bits per heavy atom. The van der Waals surface area contributed by atoms with Crippen LogP contribution in [-0.4, -0.2) is 6.18 Å². The topological polar surface area (TPSA) is 0 Å². The number of hydrogen-bond donors (Lipinski definition) is 0. The fraction of sp³-hybridized carbons (Fsp3) is 0.647. The summed E-state index contributed by atoms with van der Waals surface area (Å²) in [5.41, 5.74) is 1.49. The molecule has 1 aromatic carbocycles. The van der Waals surface area contributed by atoms with E-state index in [4.69, 9.17) is 0 Å². The van der Waals surface area contributed by atoms with Gasteiger partial charge in [-0.2, -0.15) is 13.2 Å². The molecule has 0 bridgehead atoms. The lowest BCUT2D eigenvalue weighted by Crippen LogP contribution is -2.04. The normalized spacial score (nSPS) is 11.2. The molecule has 1 aromatic rings. The van der Waals surface area contributed by atoms with Crippen molar-refractivity contribution in [1.82, 2.24) is 0 Å². The summed E-state index contributed by atoms with van der Waals surface area (Å²) in [6, 6.07) is 8.74. The summed E-state index contributed by atoms with van der Waals surface area (Å²) in [6.07, 6.45) is 0.744. The highest BCUT2D eigenvalue weighted by atomic mass is 79.9. The first-order valence-electron chi connectivity index (χ1n) is 7.66. The van der Waals surface area contributed by atoms with Crippen LogP contribution in [-0.2, 0) is 0 Å². The van der Waals surface area contributed by atoms with E-state index < -0.39 is 12.6 Å². The number of hydrogen-bond acceptors (Lipinski definition) is 0. The minimum atomic E-state index is -3.95. The molecule has 122 valence electrons. The van der Waals surface area contributed by atoms with E-state index in [-0.39, 0.29) is 6.42 Å². The lowest BCUT2D eigenvalue weighted by molar-refractivity contribution is -0.134. The van der Waals surface area contributed by atoms with Gasteiger partial charge >= 0.3 is 6.18 Å².